The van der Waals surface area contributed by atoms with Crippen LogP contribution in [-0.2, 0) is 16.0 Å². The molecule has 19 heavy (non-hydrogen) atoms. The van der Waals surface area contributed by atoms with Gasteiger partial charge in [-0.2, -0.15) is 0 Å². The number of aliphatic carboxylic acids is 1. The van der Waals surface area contributed by atoms with E-state index in [1.807, 2.05) is 18.5 Å². The summed E-state index contributed by atoms with van der Waals surface area (Å²) < 4.78 is 0. The predicted molar refractivity (Wildman–Crippen MR) is 74.1 cm³/mol. The van der Waals surface area contributed by atoms with Crippen LogP contribution in [0.3, 0.4) is 0 Å². The molecule has 1 heterocycles. The monoisotopic (exact) mass is 281 g/mol. The molecule has 1 fully saturated rings. The quantitative estimate of drug-likeness (QED) is 0.900. The predicted octanol–water partition coefficient (Wildman–Crippen LogP) is 2.25. The number of likely N-dealkylation sites (N-methyl/N-ethyl adjacent to an activating group) is 1. The van der Waals surface area contributed by atoms with Crippen LogP contribution >= 0.6 is 11.3 Å². The Hall–Kier alpha value is -1.36. The minimum absolute atomic E-state index is 0.0975. The molecule has 1 N–H and O–H groups in total. The highest BCUT2D eigenvalue weighted by Crippen LogP contribution is 2.32. The number of hydrogen-bond donors (Lipinski definition) is 1. The Balaban J connectivity index is 1.81. The van der Waals surface area contributed by atoms with Crippen LogP contribution < -0.4 is 0 Å². The molecule has 1 aliphatic rings. The number of thiophene rings is 1. The van der Waals surface area contributed by atoms with Crippen molar-refractivity contribution in [1.82, 2.24) is 4.90 Å². The molecule has 2 unspecified atom stereocenters. The van der Waals surface area contributed by atoms with E-state index in [0.29, 0.717) is 25.8 Å². The first-order valence-electron chi connectivity index (χ1n) is 6.58. The van der Waals surface area contributed by atoms with Crippen molar-refractivity contribution in [2.24, 2.45) is 11.8 Å². The Morgan fingerprint density at radius 3 is 2.74 bits per heavy atom. The van der Waals surface area contributed by atoms with Crippen LogP contribution in [0.2, 0.25) is 0 Å². The van der Waals surface area contributed by atoms with Gasteiger partial charge in [-0.15, -0.1) is 11.3 Å². The Morgan fingerprint density at radius 1 is 1.42 bits per heavy atom. The van der Waals surface area contributed by atoms with Gasteiger partial charge in [0.15, 0.2) is 0 Å². The summed E-state index contributed by atoms with van der Waals surface area (Å²) in [6.45, 7) is 0.702. The summed E-state index contributed by atoms with van der Waals surface area (Å²) in [4.78, 5) is 26.1. The highest BCUT2D eigenvalue weighted by atomic mass is 32.1. The smallest absolute Gasteiger partial charge is 0.306 e. The zero-order valence-electron chi connectivity index (χ0n) is 11.0. The van der Waals surface area contributed by atoms with Gasteiger partial charge in [0.05, 0.1) is 5.92 Å². The van der Waals surface area contributed by atoms with Crippen LogP contribution in [0.5, 0.6) is 0 Å². The fourth-order valence-electron chi connectivity index (χ4n) is 2.58. The van der Waals surface area contributed by atoms with E-state index in [4.69, 9.17) is 5.11 Å². The third-order valence-corrected chi connectivity index (χ3v) is 4.72. The molecule has 104 valence electrons. The highest BCUT2D eigenvalue weighted by molar-refractivity contribution is 7.09. The zero-order valence-corrected chi connectivity index (χ0v) is 11.9. The molecule has 0 aliphatic heterocycles. The molecule has 0 saturated heterocycles. The number of carboxylic acids is 1. The molecule has 0 spiro atoms. The lowest BCUT2D eigenvalue weighted by molar-refractivity contribution is -0.141. The first-order valence-corrected chi connectivity index (χ1v) is 7.46. The topological polar surface area (TPSA) is 57.6 Å². The third-order valence-electron chi connectivity index (χ3n) is 3.78. The number of carbonyl (C=O) groups excluding carboxylic acids is 1. The third kappa shape index (κ3) is 3.56. The molecule has 4 nitrogen and oxygen atoms in total. The molecule has 0 bridgehead atoms. The van der Waals surface area contributed by atoms with Gasteiger partial charge in [0, 0.05) is 24.4 Å². The van der Waals surface area contributed by atoms with Gasteiger partial charge in [-0.1, -0.05) is 6.07 Å². The first-order chi connectivity index (χ1) is 9.08. The minimum atomic E-state index is -0.767. The molecule has 2 rings (SSSR count). The molecular weight excluding hydrogens is 262 g/mol. The molecule has 0 radical (unpaired) electrons. The molecule has 1 aromatic heterocycles. The second kappa shape index (κ2) is 6.19. The van der Waals surface area contributed by atoms with E-state index >= 15 is 0 Å². The van der Waals surface area contributed by atoms with Crippen molar-refractivity contribution < 1.29 is 14.7 Å². The van der Waals surface area contributed by atoms with Gasteiger partial charge in [-0.05, 0) is 37.1 Å². The molecule has 1 saturated carbocycles. The maximum absolute atomic E-state index is 12.2. The van der Waals surface area contributed by atoms with Crippen molar-refractivity contribution in [3.63, 3.8) is 0 Å². The summed E-state index contributed by atoms with van der Waals surface area (Å²) in [5.41, 5.74) is 0. The maximum Gasteiger partial charge on any atom is 0.306 e. The highest BCUT2D eigenvalue weighted by Gasteiger charge is 2.34. The lowest BCUT2D eigenvalue weighted by Crippen LogP contribution is -2.33. The van der Waals surface area contributed by atoms with E-state index in [1.165, 1.54) is 4.88 Å². The van der Waals surface area contributed by atoms with Crippen molar-refractivity contribution in [3.8, 4) is 0 Å². The van der Waals surface area contributed by atoms with E-state index in [-0.39, 0.29) is 17.7 Å². The van der Waals surface area contributed by atoms with Gasteiger partial charge < -0.3 is 10.0 Å². The molecule has 2 atom stereocenters. The zero-order chi connectivity index (χ0) is 13.8. The largest absolute Gasteiger partial charge is 0.481 e. The second-order valence-corrected chi connectivity index (χ2v) is 6.17. The van der Waals surface area contributed by atoms with E-state index in [1.54, 1.807) is 16.2 Å². The van der Waals surface area contributed by atoms with Gasteiger partial charge >= 0.3 is 5.97 Å². The number of carbonyl (C=O) groups is 2. The maximum atomic E-state index is 12.2. The van der Waals surface area contributed by atoms with Crippen molar-refractivity contribution in [2.75, 3.05) is 13.6 Å². The summed E-state index contributed by atoms with van der Waals surface area (Å²) in [5.74, 6) is -1.11. The molecule has 0 aromatic carbocycles. The number of nitrogens with zero attached hydrogens (tertiary/aromatic N) is 1. The lowest BCUT2D eigenvalue weighted by Gasteiger charge is -2.20. The van der Waals surface area contributed by atoms with Gasteiger partial charge in [0.1, 0.15) is 0 Å². The average Bonchev–Trinajstić information content (AvgIpc) is 3.05. The lowest BCUT2D eigenvalue weighted by atomic mass is 10.0. The summed E-state index contributed by atoms with van der Waals surface area (Å²) in [5, 5.41) is 11.0. The molecule has 1 aliphatic carbocycles. The number of hydrogen-bond acceptors (Lipinski definition) is 3. The molecule has 1 aromatic rings. The average molecular weight is 281 g/mol. The number of carboxylic acid groups (broad SMARTS) is 1. The second-order valence-electron chi connectivity index (χ2n) is 5.13. The van der Waals surface area contributed by atoms with Crippen LogP contribution in [0, 0.1) is 11.8 Å². The van der Waals surface area contributed by atoms with Gasteiger partial charge in [-0.3, -0.25) is 9.59 Å². The van der Waals surface area contributed by atoms with Crippen LogP contribution in [-0.4, -0.2) is 35.5 Å². The normalized spacial score (nSPS) is 22.4. The Labute approximate surface area is 117 Å². The standard InChI is InChI=1S/C14H19NO3S/c1-15(7-6-12-3-2-8-19-12)13(16)10-4-5-11(9-10)14(17)18/h2-3,8,10-11H,4-7,9H2,1H3,(H,17,18). The van der Waals surface area contributed by atoms with Crippen LogP contribution in [0.15, 0.2) is 17.5 Å². The van der Waals surface area contributed by atoms with Crippen LogP contribution in [0.25, 0.3) is 0 Å². The van der Waals surface area contributed by atoms with Crippen molar-refractivity contribution in [2.45, 2.75) is 25.7 Å². The molecule has 5 heteroatoms. The van der Waals surface area contributed by atoms with E-state index in [0.717, 1.165) is 6.42 Å². The van der Waals surface area contributed by atoms with E-state index in [9.17, 15) is 9.59 Å². The first kappa shape index (κ1) is 14.1. The summed E-state index contributed by atoms with van der Waals surface area (Å²) in [6.07, 6.45) is 2.70. The van der Waals surface area contributed by atoms with Crippen LogP contribution in [0.4, 0.5) is 0 Å². The van der Waals surface area contributed by atoms with Gasteiger partial charge in [-0.25, -0.2) is 0 Å². The van der Waals surface area contributed by atoms with Crippen molar-refractivity contribution >= 4 is 23.2 Å². The molecular formula is C14H19NO3S. The summed E-state index contributed by atoms with van der Waals surface area (Å²) in [6, 6.07) is 4.08. The number of rotatable bonds is 5. The van der Waals surface area contributed by atoms with Crippen molar-refractivity contribution in [1.29, 1.82) is 0 Å². The summed E-state index contributed by atoms with van der Waals surface area (Å²) >= 11 is 1.70. The van der Waals surface area contributed by atoms with Gasteiger partial charge in [0.2, 0.25) is 5.91 Å². The number of amides is 1. The Kier molecular flexibility index (Phi) is 4.58. The van der Waals surface area contributed by atoms with Gasteiger partial charge in [0.25, 0.3) is 0 Å². The Bertz CT molecular complexity index is 444. The Morgan fingerprint density at radius 2 is 2.16 bits per heavy atom. The summed E-state index contributed by atoms with van der Waals surface area (Å²) in [7, 11) is 1.81. The van der Waals surface area contributed by atoms with Crippen molar-refractivity contribution in [3.05, 3.63) is 22.4 Å². The van der Waals surface area contributed by atoms with E-state index < -0.39 is 5.97 Å². The SMILES string of the molecule is CN(CCc1cccs1)C(=O)C1CCC(C(=O)O)C1. The van der Waals surface area contributed by atoms with E-state index in [2.05, 4.69) is 6.07 Å². The van der Waals surface area contributed by atoms with Crippen LogP contribution in [0.1, 0.15) is 24.1 Å². The fourth-order valence-corrected chi connectivity index (χ4v) is 3.28. The fraction of sp³-hybridized carbons (Fsp3) is 0.571. The molecule has 1 amide bonds. The minimum Gasteiger partial charge on any atom is -0.481 e.